The largest absolute Gasteiger partial charge is 0.469 e. The van der Waals surface area contributed by atoms with Gasteiger partial charge >= 0.3 is 0 Å². The van der Waals surface area contributed by atoms with E-state index in [1.807, 2.05) is 48.2 Å². The fourth-order valence-corrected chi connectivity index (χ4v) is 4.60. The summed E-state index contributed by atoms with van der Waals surface area (Å²) >= 11 is 1.45. The van der Waals surface area contributed by atoms with Gasteiger partial charge in [0.1, 0.15) is 5.76 Å². The molecule has 3 aromatic rings. The molecule has 2 amide bonds. The number of nitrogens with zero attached hydrogens (tertiary/aromatic N) is 1. The SMILES string of the molecule is Cc1ccc(NC(=O)c2ccc([C@@H]3CCCN3C(=O)c3ccoc3C)s2)cc1. The number of hydrogen-bond acceptors (Lipinski definition) is 4. The van der Waals surface area contributed by atoms with E-state index >= 15 is 0 Å². The van der Waals surface area contributed by atoms with Crippen molar-refractivity contribution >= 4 is 28.8 Å². The van der Waals surface area contributed by atoms with Crippen LogP contribution in [0.5, 0.6) is 0 Å². The van der Waals surface area contributed by atoms with Gasteiger partial charge in [-0.1, -0.05) is 17.7 Å². The number of furan rings is 1. The fourth-order valence-electron chi connectivity index (χ4n) is 3.55. The maximum absolute atomic E-state index is 12.9. The van der Waals surface area contributed by atoms with Crippen molar-refractivity contribution in [3.8, 4) is 0 Å². The minimum absolute atomic E-state index is 0.00666. The lowest BCUT2D eigenvalue weighted by Crippen LogP contribution is -2.30. The molecule has 28 heavy (non-hydrogen) atoms. The molecular formula is C22H22N2O3S. The first kappa shape index (κ1) is 18.5. The highest BCUT2D eigenvalue weighted by Crippen LogP contribution is 2.37. The molecule has 0 radical (unpaired) electrons. The molecule has 1 aromatic carbocycles. The number of carbonyl (C=O) groups is 2. The first-order chi connectivity index (χ1) is 13.5. The third-order valence-electron chi connectivity index (χ3n) is 5.09. The van der Waals surface area contributed by atoms with Gasteiger partial charge in [-0.05, 0) is 57.0 Å². The quantitative estimate of drug-likeness (QED) is 0.662. The van der Waals surface area contributed by atoms with Gasteiger partial charge in [0, 0.05) is 17.1 Å². The van der Waals surface area contributed by atoms with Gasteiger partial charge in [0.25, 0.3) is 11.8 Å². The van der Waals surface area contributed by atoms with Gasteiger partial charge in [0.2, 0.25) is 0 Å². The number of carbonyl (C=O) groups excluding carboxylic acids is 2. The summed E-state index contributed by atoms with van der Waals surface area (Å²) in [6, 6.07) is 13.3. The molecule has 3 heterocycles. The normalized spacial score (nSPS) is 16.4. The van der Waals surface area contributed by atoms with Crippen LogP contribution in [-0.2, 0) is 0 Å². The summed E-state index contributed by atoms with van der Waals surface area (Å²) in [5.41, 5.74) is 2.54. The zero-order valence-corrected chi connectivity index (χ0v) is 16.7. The number of likely N-dealkylation sites (tertiary alicyclic amines) is 1. The zero-order valence-electron chi connectivity index (χ0n) is 15.9. The Morgan fingerprint density at radius 3 is 2.61 bits per heavy atom. The van der Waals surface area contributed by atoms with E-state index < -0.39 is 0 Å². The number of nitrogens with one attached hydrogen (secondary N) is 1. The lowest BCUT2D eigenvalue weighted by molar-refractivity contribution is 0.0736. The van der Waals surface area contributed by atoms with E-state index in [-0.39, 0.29) is 17.9 Å². The van der Waals surface area contributed by atoms with E-state index in [9.17, 15) is 9.59 Å². The van der Waals surface area contributed by atoms with E-state index in [0.717, 1.165) is 35.5 Å². The average Bonchev–Trinajstić information content (AvgIpc) is 3.42. The third-order valence-corrected chi connectivity index (χ3v) is 6.28. The molecular weight excluding hydrogens is 372 g/mol. The van der Waals surface area contributed by atoms with Gasteiger partial charge in [0.05, 0.1) is 22.7 Å². The van der Waals surface area contributed by atoms with Crippen molar-refractivity contribution in [2.45, 2.75) is 32.7 Å². The van der Waals surface area contributed by atoms with Gasteiger partial charge in [-0.15, -0.1) is 11.3 Å². The highest BCUT2D eigenvalue weighted by Gasteiger charge is 2.33. The molecule has 0 saturated carbocycles. The van der Waals surface area contributed by atoms with Gasteiger partial charge in [0.15, 0.2) is 0 Å². The van der Waals surface area contributed by atoms with Crippen LogP contribution >= 0.6 is 11.3 Å². The van der Waals surface area contributed by atoms with Crippen molar-refractivity contribution < 1.29 is 14.0 Å². The predicted molar refractivity (Wildman–Crippen MR) is 110 cm³/mol. The number of rotatable bonds is 4. The fraction of sp³-hybridized carbons (Fsp3) is 0.273. The molecule has 0 spiro atoms. The second-order valence-corrected chi connectivity index (χ2v) is 8.18. The second kappa shape index (κ2) is 7.64. The first-order valence-corrected chi connectivity index (χ1v) is 10.2. The van der Waals surface area contributed by atoms with Crippen molar-refractivity contribution in [2.24, 2.45) is 0 Å². The number of benzene rings is 1. The Labute approximate surface area is 168 Å². The van der Waals surface area contributed by atoms with Crippen LogP contribution < -0.4 is 5.32 Å². The van der Waals surface area contributed by atoms with Crippen LogP contribution in [0.4, 0.5) is 5.69 Å². The molecule has 6 heteroatoms. The minimum Gasteiger partial charge on any atom is -0.469 e. The summed E-state index contributed by atoms with van der Waals surface area (Å²) in [5, 5.41) is 2.93. The maximum atomic E-state index is 12.9. The molecule has 1 aliphatic heterocycles. The second-order valence-electron chi connectivity index (χ2n) is 7.07. The first-order valence-electron chi connectivity index (χ1n) is 9.36. The average molecular weight is 394 g/mol. The molecule has 4 rings (SSSR count). The Balaban J connectivity index is 1.50. The van der Waals surface area contributed by atoms with Crippen LogP contribution in [0.3, 0.4) is 0 Å². The van der Waals surface area contributed by atoms with E-state index in [2.05, 4.69) is 5.32 Å². The lowest BCUT2D eigenvalue weighted by Gasteiger charge is -2.23. The van der Waals surface area contributed by atoms with Gasteiger partial charge < -0.3 is 14.6 Å². The number of anilines is 1. The molecule has 2 aromatic heterocycles. The Morgan fingerprint density at radius 2 is 1.89 bits per heavy atom. The molecule has 1 aliphatic rings. The number of aryl methyl sites for hydroxylation is 2. The molecule has 1 atom stereocenters. The summed E-state index contributed by atoms with van der Waals surface area (Å²) in [6.07, 6.45) is 3.41. The van der Waals surface area contributed by atoms with Crippen LogP contribution in [0, 0.1) is 13.8 Å². The molecule has 5 nitrogen and oxygen atoms in total. The van der Waals surface area contributed by atoms with E-state index in [1.165, 1.54) is 11.3 Å². The van der Waals surface area contributed by atoms with E-state index in [4.69, 9.17) is 4.42 Å². The van der Waals surface area contributed by atoms with E-state index in [0.29, 0.717) is 16.2 Å². The Hall–Kier alpha value is -2.86. The topological polar surface area (TPSA) is 62.6 Å². The summed E-state index contributed by atoms with van der Waals surface area (Å²) in [6.45, 7) is 4.53. The van der Waals surface area contributed by atoms with Crippen molar-refractivity contribution in [3.63, 3.8) is 0 Å². The summed E-state index contributed by atoms with van der Waals surface area (Å²) < 4.78 is 5.29. The number of hydrogen-bond donors (Lipinski definition) is 1. The van der Waals surface area contributed by atoms with Crippen molar-refractivity contribution in [1.82, 2.24) is 4.90 Å². The monoisotopic (exact) mass is 394 g/mol. The van der Waals surface area contributed by atoms with Crippen LogP contribution in [0.25, 0.3) is 0 Å². The van der Waals surface area contributed by atoms with Crippen molar-refractivity contribution in [2.75, 3.05) is 11.9 Å². The van der Waals surface area contributed by atoms with Gasteiger partial charge in [-0.3, -0.25) is 9.59 Å². The number of amides is 2. The summed E-state index contributed by atoms with van der Waals surface area (Å²) in [7, 11) is 0. The molecule has 0 aliphatic carbocycles. The minimum atomic E-state index is -0.123. The predicted octanol–water partition coefficient (Wildman–Crippen LogP) is 5.19. The Kier molecular flexibility index (Phi) is 5.05. The highest BCUT2D eigenvalue weighted by molar-refractivity contribution is 7.14. The lowest BCUT2D eigenvalue weighted by atomic mass is 10.1. The highest BCUT2D eigenvalue weighted by atomic mass is 32.1. The van der Waals surface area contributed by atoms with Crippen LogP contribution in [-0.4, -0.2) is 23.3 Å². The number of thiophene rings is 1. The van der Waals surface area contributed by atoms with Crippen molar-refractivity contribution in [1.29, 1.82) is 0 Å². The molecule has 0 unspecified atom stereocenters. The van der Waals surface area contributed by atoms with E-state index in [1.54, 1.807) is 19.3 Å². The van der Waals surface area contributed by atoms with Crippen LogP contribution in [0.2, 0.25) is 0 Å². The molecule has 0 bridgehead atoms. The van der Waals surface area contributed by atoms with Crippen molar-refractivity contribution in [3.05, 3.63) is 75.4 Å². The smallest absolute Gasteiger partial charge is 0.265 e. The molecule has 1 saturated heterocycles. The van der Waals surface area contributed by atoms with Gasteiger partial charge in [-0.25, -0.2) is 0 Å². The summed E-state index contributed by atoms with van der Waals surface area (Å²) in [5.74, 6) is 0.509. The maximum Gasteiger partial charge on any atom is 0.265 e. The standard InChI is InChI=1S/C22H22N2O3S/c1-14-5-7-16(8-6-14)23-21(25)20-10-9-19(28-20)18-4-3-12-24(18)22(26)17-11-13-27-15(17)2/h5-11,13,18H,3-4,12H2,1-2H3,(H,23,25)/t18-/m0/s1. The summed E-state index contributed by atoms with van der Waals surface area (Å²) in [4.78, 5) is 29.1. The van der Waals surface area contributed by atoms with Crippen LogP contribution in [0.15, 0.2) is 53.1 Å². The van der Waals surface area contributed by atoms with Gasteiger partial charge in [-0.2, -0.15) is 0 Å². The third kappa shape index (κ3) is 3.60. The Morgan fingerprint density at radius 1 is 1.11 bits per heavy atom. The van der Waals surface area contributed by atoms with Crippen LogP contribution in [0.1, 0.15) is 55.1 Å². The Bertz CT molecular complexity index is 1000. The molecule has 144 valence electrons. The molecule has 1 N–H and O–H groups in total. The zero-order chi connectivity index (χ0) is 19.7. The molecule has 1 fully saturated rings.